The zero-order chi connectivity index (χ0) is 17.6. The quantitative estimate of drug-likeness (QED) is 0.743. The lowest BCUT2D eigenvalue weighted by Crippen LogP contribution is -2.44. The molecule has 1 aliphatic heterocycles. The van der Waals surface area contributed by atoms with Gasteiger partial charge in [0.05, 0.1) is 12.2 Å². The predicted octanol–water partition coefficient (Wildman–Crippen LogP) is 0.710. The maximum Gasteiger partial charge on any atom is 0.243 e. The molecule has 25 heavy (non-hydrogen) atoms. The minimum atomic E-state index is -0.246. The van der Waals surface area contributed by atoms with Crippen molar-refractivity contribution in [2.24, 2.45) is 5.92 Å². The van der Waals surface area contributed by atoms with Crippen molar-refractivity contribution in [2.75, 3.05) is 18.4 Å². The highest BCUT2D eigenvalue weighted by atomic mass is 16.2. The van der Waals surface area contributed by atoms with Crippen LogP contribution in [0, 0.1) is 5.92 Å². The molecule has 2 amide bonds. The van der Waals surface area contributed by atoms with Crippen LogP contribution in [0.4, 0.5) is 5.69 Å². The summed E-state index contributed by atoms with van der Waals surface area (Å²) in [5.74, 6) is -0.320. The van der Waals surface area contributed by atoms with Crippen molar-refractivity contribution < 1.29 is 9.59 Å². The molecule has 0 spiro atoms. The Morgan fingerprint density at radius 3 is 2.80 bits per heavy atom. The van der Waals surface area contributed by atoms with Gasteiger partial charge in [-0.1, -0.05) is 0 Å². The Hall–Kier alpha value is -2.74. The smallest absolute Gasteiger partial charge is 0.243 e. The van der Waals surface area contributed by atoms with Crippen LogP contribution < -0.4 is 16.0 Å². The number of aromatic nitrogens is 3. The van der Waals surface area contributed by atoms with Gasteiger partial charge in [0.2, 0.25) is 11.8 Å². The third-order valence-electron chi connectivity index (χ3n) is 4.25. The molecule has 2 atom stereocenters. The SMILES string of the molecule is C[C@H]1C[C@@H](C(=O)NCC(=O)Nc2ccc(-n3cncn3)cc2)CCN1. The maximum absolute atomic E-state index is 12.1. The number of carbonyl (C=O) groups is 2. The van der Waals surface area contributed by atoms with E-state index in [4.69, 9.17) is 0 Å². The number of hydrogen-bond donors (Lipinski definition) is 3. The van der Waals surface area contributed by atoms with E-state index in [-0.39, 0.29) is 24.3 Å². The van der Waals surface area contributed by atoms with Crippen LogP contribution in [0.1, 0.15) is 19.8 Å². The Labute approximate surface area is 146 Å². The van der Waals surface area contributed by atoms with Crippen molar-refractivity contribution in [1.29, 1.82) is 0 Å². The van der Waals surface area contributed by atoms with Gasteiger partial charge in [-0.3, -0.25) is 9.59 Å². The molecule has 0 bridgehead atoms. The molecule has 8 heteroatoms. The summed E-state index contributed by atoms with van der Waals surface area (Å²) < 4.78 is 1.63. The average molecular weight is 342 g/mol. The molecule has 0 saturated carbocycles. The van der Waals surface area contributed by atoms with Gasteiger partial charge in [0.15, 0.2) is 0 Å². The Balaban J connectivity index is 1.46. The van der Waals surface area contributed by atoms with E-state index in [1.165, 1.54) is 6.33 Å². The minimum absolute atomic E-state index is 0.0222. The summed E-state index contributed by atoms with van der Waals surface area (Å²) in [7, 11) is 0. The van der Waals surface area contributed by atoms with E-state index in [0.29, 0.717) is 11.7 Å². The molecule has 0 unspecified atom stereocenters. The van der Waals surface area contributed by atoms with Crippen molar-refractivity contribution in [3.8, 4) is 5.69 Å². The number of carbonyl (C=O) groups excluding carboxylic acids is 2. The van der Waals surface area contributed by atoms with Crippen molar-refractivity contribution in [3.63, 3.8) is 0 Å². The van der Waals surface area contributed by atoms with Crippen LogP contribution in [0.3, 0.4) is 0 Å². The van der Waals surface area contributed by atoms with E-state index in [1.54, 1.807) is 23.1 Å². The summed E-state index contributed by atoms with van der Waals surface area (Å²) in [6, 6.07) is 7.57. The highest BCUT2D eigenvalue weighted by Crippen LogP contribution is 2.16. The Bertz CT molecular complexity index is 713. The van der Waals surface area contributed by atoms with Crippen LogP contribution in [-0.4, -0.2) is 45.7 Å². The Morgan fingerprint density at radius 2 is 2.12 bits per heavy atom. The zero-order valence-electron chi connectivity index (χ0n) is 14.1. The van der Waals surface area contributed by atoms with Gasteiger partial charge in [-0.2, -0.15) is 5.10 Å². The number of rotatable bonds is 5. The van der Waals surface area contributed by atoms with E-state index >= 15 is 0 Å². The molecule has 0 aliphatic carbocycles. The number of amides is 2. The second kappa shape index (κ2) is 7.89. The van der Waals surface area contributed by atoms with Crippen molar-refractivity contribution in [1.82, 2.24) is 25.4 Å². The molecular formula is C17H22N6O2. The fourth-order valence-corrected chi connectivity index (χ4v) is 2.93. The van der Waals surface area contributed by atoms with Gasteiger partial charge in [0.1, 0.15) is 12.7 Å². The summed E-state index contributed by atoms with van der Waals surface area (Å²) in [5, 5.41) is 12.8. The molecule has 1 aliphatic rings. The molecule has 132 valence electrons. The molecule has 1 saturated heterocycles. The highest BCUT2D eigenvalue weighted by Gasteiger charge is 2.24. The predicted molar refractivity (Wildman–Crippen MR) is 93.2 cm³/mol. The topological polar surface area (TPSA) is 101 Å². The average Bonchev–Trinajstić information content (AvgIpc) is 3.15. The first-order chi connectivity index (χ1) is 12.1. The normalized spacial score (nSPS) is 20.0. The van der Waals surface area contributed by atoms with Crippen LogP contribution in [0.5, 0.6) is 0 Å². The molecule has 3 rings (SSSR count). The number of anilines is 1. The second-order valence-corrected chi connectivity index (χ2v) is 6.23. The summed E-state index contributed by atoms with van der Waals surface area (Å²) in [6.45, 7) is 2.88. The molecular weight excluding hydrogens is 320 g/mol. The maximum atomic E-state index is 12.1. The van der Waals surface area contributed by atoms with E-state index in [1.807, 2.05) is 12.1 Å². The van der Waals surface area contributed by atoms with Gasteiger partial charge >= 0.3 is 0 Å². The third-order valence-corrected chi connectivity index (χ3v) is 4.25. The third kappa shape index (κ3) is 4.63. The van der Waals surface area contributed by atoms with E-state index in [2.05, 4.69) is 33.0 Å². The lowest BCUT2D eigenvalue weighted by Gasteiger charge is -2.26. The van der Waals surface area contributed by atoms with Crippen LogP contribution >= 0.6 is 0 Å². The number of hydrogen-bond acceptors (Lipinski definition) is 5. The van der Waals surface area contributed by atoms with Gasteiger partial charge in [-0.15, -0.1) is 0 Å². The molecule has 1 aromatic carbocycles. The van der Waals surface area contributed by atoms with Crippen LogP contribution in [0.15, 0.2) is 36.9 Å². The fourth-order valence-electron chi connectivity index (χ4n) is 2.93. The summed E-state index contributed by atoms with van der Waals surface area (Å²) in [5.41, 5.74) is 1.52. The molecule has 1 fully saturated rings. The molecule has 8 nitrogen and oxygen atoms in total. The minimum Gasteiger partial charge on any atom is -0.347 e. The second-order valence-electron chi connectivity index (χ2n) is 6.23. The first-order valence-corrected chi connectivity index (χ1v) is 8.38. The fraction of sp³-hybridized carbons (Fsp3) is 0.412. The number of piperidine rings is 1. The van der Waals surface area contributed by atoms with Crippen LogP contribution in [0.2, 0.25) is 0 Å². The van der Waals surface area contributed by atoms with Crippen molar-refractivity contribution in [2.45, 2.75) is 25.8 Å². The Morgan fingerprint density at radius 1 is 1.32 bits per heavy atom. The van der Waals surface area contributed by atoms with Crippen molar-refractivity contribution in [3.05, 3.63) is 36.9 Å². The van der Waals surface area contributed by atoms with Crippen LogP contribution in [0.25, 0.3) is 5.69 Å². The molecule has 0 radical (unpaired) electrons. The van der Waals surface area contributed by atoms with Gasteiger partial charge in [0.25, 0.3) is 0 Å². The van der Waals surface area contributed by atoms with Gasteiger partial charge in [-0.25, -0.2) is 9.67 Å². The monoisotopic (exact) mass is 342 g/mol. The molecule has 1 aromatic heterocycles. The molecule has 2 heterocycles. The first-order valence-electron chi connectivity index (χ1n) is 8.38. The largest absolute Gasteiger partial charge is 0.347 e. The van der Waals surface area contributed by atoms with Gasteiger partial charge < -0.3 is 16.0 Å². The van der Waals surface area contributed by atoms with E-state index < -0.39 is 0 Å². The number of nitrogens with zero attached hydrogens (tertiary/aromatic N) is 3. The summed E-state index contributed by atoms with van der Waals surface area (Å²) >= 11 is 0. The number of nitrogens with one attached hydrogen (secondary N) is 3. The lowest BCUT2D eigenvalue weighted by atomic mass is 9.92. The molecule has 2 aromatic rings. The lowest BCUT2D eigenvalue weighted by molar-refractivity contribution is -0.128. The van der Waals surface area contributed by atoms with Gasteiger partial charge in [0, 0.05) is 17.6 Å². The zero-order valence-corrected chi connectivity index (χ0v) is 14.1. The Kier molecular flexibility index (Phi) is 5.39. The summed E-state index contributed by atoms with van der Waals surface area (Å²) in [4.78, 5) is 28.0. The summed E-state index contributed by atoms with van der Waals surface area (Å²) in [6.07, 6.45) is 4.67. The van der Waals surface area contributed by atoms with Crippen molar-refractivity contribution >= 4 is 17.5 Å². The highest BCUT2D eigenvalue weighted by molar-refractivity contribution is 5.94. The van der Waals surface area contributed by atoms with Crippen LogP contribution in [-0.2, 0) is 9.59 Å². The first kappa shape index (κ1) is 17.1. The number of benzene rings is 1. The molecule has 3 N–H and O–H groups in total. The standard InChI is InChI=1S/C17H22N6O2/c1-12-8-13(6-7-19-12)17(25)20-9-16(24)22-14-2-4-15(5-3-14)23-11-18-10-21-23/h2-5,10-13,19H,6-9H2,1H3,(H,20,25)(H,22,24)/t12-,13-/m0/s1. The van der Waals surface area contributed by atoms with Gasteiger partial charge in [-0.05, 0) is 50.6 Å². The van der Waals surface area contributed by atoms with E-state index in [9.17, 15) is 9.59 Å². The van der Waals surface area contributed by atoms with E-state index in [0.717, 1.165) is 25.1 Å².